The van der Waals surface area contributed by atoms with E-state index in [4.69, 9.17) is 16.6 Å². The standard InChI is InChI=1S/C20H23ClN6/c1-15-13-26(17-5-3-16(21)4-6-17)11-12-27(15)20-24-19(8-10-25(20)2)18-7-9-22-14-23-18/h3-9,14-15H,10-13H2,1-2H3/t15-/m1/s1. The molecule has 140 valence electrons. The van der Waals surface area contributed by atoms with Crippen molar-refractivity contribution in [3.05, 3.63) is 59.6 Å². The summed E-state index contributed by atoms with van der Waals surface area (Å²) >= 11 is 6.02. The van der Waals surface area contributed by atoms with Gasteiger partial charge in [-0.3, -0.25) is 0 Å². The van der Waals surface area contributed by atoms with Crippen LogP contribution in [0.1, 0.15) is 12.6 Å². The van der Waals surface area contributed by atoms with Gasteiger partial charge in [-0.05, 0) is 43.3 Å². The second-order valence-electron chi connectivity index (χ2n) is 6.94. The van der Waals surface area contributed by atoms with Crippen molar-refractivity contribution in [1.82, 2.24) is 19.8 Å². The summed E-state index contributed by atoms with van der Waals surface area (Å²) < 4.78 is 0. The first kappa shape index (κ1) is 17.8. The minimum absolute atomic E-state index is 0.348. The van der Waals surface area contributed by atoms with Crippen LogP contribution in [-0.2, 0) is 0 Å². The molecule has 27 heavy (non-hydrogen) atoms. The molecule has 1 atom stereocenters. The van der Waals surface area contributed by atoms with Gasteiger partial charge in [-0.25, -0.2) is 15.0 Å². The number of halogens is 1. The first-order valence-electron chi connectivity index (χ1n) is 9.15. The largest absolute Gasteiger partial charge is 0.368 e. The van der Waals surface area contributed by atoms with Crippen molar-refractivity contribution < 1.29 is 0 Å². The lowest BCUT2D eigenvalue weighted by Gasteiger charge is -2.44. The molecule has 1 saturated heterocycles. The minimum Gasteiger partial charge on any atom is -0.368 e. The SMILES string of the molecule is C[C@@H]1CN(c2ccc(Cl)cc2)CCN1C1=NC(c2ccncn2)=CCN1C. The molecule has 1 aromatic heterocycles. The molecule has 0 unspecified atom stereocenters. The molecule has 0 spiro atoms. The zero-order valence-electron chi connectivity index (χ0n) is 15.6. The average molecular weight is 383 g/mol. The van der Waals surface area contributed by atoms with E-state index in [0.29, 0.717) is 6.04 Å². The van der Waals surface area contributed by atoms with Gasteiger partial charge in [-0.1, -0.05) is 11.6 Å². The number of aromatic nitrogens is 2. The molecule has 0 aliphatic carbocycles. The van der Waals surface area contributed by atoms with Crippen LogP contribution in [0.15, 0.2) is 53.9 Å². The number of hydrogen-bond donors (Lipinski definition) is 0. The van der Waals surface area contributed by atoms with Crippen molar-refractivity contribution in [1.29, 1.82) is 0 Å². The lowest BCUT2D eigenvalue weighted by Crippen LogP contribution is -2.57. The van der Waals surface area contributed by atoms with Crippen LogP contribution in [0, 0.1) is 0 Å². The number of anilines is 1. The average Bonchev–Trinajstić information content (AvgIpc) is 2.70. The Kier molecular flexibility index (Phi) is 4.99. The van der Waals surface area contributed by atoms with Gasteiger partial charge in [-0.2, -0.15) is 0 Å². The molecule has 4 rings (SSSR count). The number of benzene rings is 1. The number of hydrogen-bond acceptors (Lipinski definition) is 6. The predicted octanol–water partition coefficient (Wildman–Crippen LogP) is 2.98. The molecule has 0 amide bonds. The van der Waals surface area contributed by atoms with Crippen LogP contribution in [-0.4, -0.2) is 65.0 Å². The molecule has 6 nitrogen and oxygen atoms in total. The Morgan fingerprint density at radius 2 is 1.93 bits per heavy atom. The molecule has 7 heteroatoms. The van der Waals surface area contributed by atoms with Gasteiger partial charge in [0.2, 0.25) is 5.96 Å². The van der Waals surface area contributed by atoms with E-state index in [0.717, 1.165) is 48.6 Å². The number of piperazine rings is 1. The van der Waals surface area contributed by atoms with E-state index >= 15 is 0 Å². The Morgan fingerprint density at radius 1 is 1.11 bits per heavy atom. The summed E-state index contributed by atoms with van der Waals surface area (Å²) in [5.41, 5.74) is 2.99. The van der Waals surface area contributed by atoms with Crippen LogP contribution in [0.5, 0.6) is 0 Å². The molecular weight excluding hydrogens is 360 g/mol. The van der Waals surface area contributed by atoms with E-state index in [1.807, 2.05) is 18.2 Å². The number of guanidine groups is 1. The molecule has 0 radical (unpaired) electrons. The topological polar surface area (TPSA) is 47.9 Å². The van der Waals surface area contributed by atoms with E-state index in [1.165, 1.54) is 5.69 Å². The Balaban J connectivity index is 1.52. The van der Waals surface area contributed by atoms with Crippen molar-refractivity contribution in [2.24, 2.45) is 4.99 Å². The van der Waals surface area contributed by atoms with Crippen molar-refractivity contribution in [2.75, 3.05) is 38.1 Å². The fourth-order valence-corrected chi connectivity index (χ4v) is 3.70. The highest BCUT2D eigenvalue weighted by Gasteiger charge is 2.29. The molecule has 0 bridgehead atoms. The quantitative estimate of drug-likeness (QED) is 0.799. The highest BCUT2D eigenvalue weighted by atomic mass is 35.5. The van der Waals surface area contributed by atoms with Crippen molar-refractivity contribution >= 4 is 28.9 Å². The number of aliphatic imine (C=N–C) groups is 1. The maximum atomic E-state index is 6.02. The van der Waals surface area contributed by atoms with Gasteiger partial charge in [0, 0.05) is 56.2 Å². The third kappa shape index (κ3) is 3.76. The minimum atomic E-state index is 0.348. The molecule has 1 aromatic carbocycles. The molecule has 2 aliphatic rings. The van der Waals surface area contributed by atoms with E-state index in [-0.39, 0.29) is 0 Å². The highest BCUT2D eigenvalue weighted by Crippen LogP contribution is 2.24. The Hall–Kier alpha value is -2.60. The zero-order valence-corrected chi connectivity index (χ0v) is 16.3. The van der Waals surface area contributed by atoms with Gasteiger partial charge in [0.15, 0.2) is 0 Å². The van der Waals surface area contributed by atoms with Crippen LogP contribution in [0.25, 0.3) is 5.70 Å². The van der Waals surface area contributed by atoms with Crippen molar-refractivity contribution in [2.45, 2.75) is 13.0 Å². The monoisotopic (exact) mass is 382 g/mol. The first-order valence-corrected chi connectivity index (χ1v) is 9.53. The Bertz CT molecular complexity index is 849. The van der Waals surface area contributed by atoms with Crippen LogP contribution in [0.4, 0.5) is 5.69 Å². The Labute approximate surface area is 164 Å². The molecule has 0 saturated carbocycles. The van der Waals surface area contributed by atoms with Crippen LogP contribution < -0.4 is 4.90 Å². The van der Waals surface area contributed by atoms with Crippen molar-refractivity contribution in [3.8, 4) is 0 Å². The normalized spacial score (nSPS) is 20.4. The predicted molar refractivity (Wildman–Crippen MR) is 110 cm³/mol. The van der Waals surface area contributed by atoms with Crippen LogP contribution in [0.3, 0.4) is 0 Å². The van der Waals surface area contributed by atoms with Gasteiger partial charge >= 0.3 is 0 Å². The van der Waals surface area contributed by atoms with Crippen LogP contribution in [0.2, 0.25) is 5.02 Å². The second kappa shape index (κ2) is 7.56. The van der Waals surface area contributed by atoms with Crippen LogP contribution >= 0.6 is 11.6 Å². The lowest BCUT2D eigenvalue weighted by atomic mass is 10.1. The summed E-state index contributed by atoms with van der Waals surface area (Å²) in [6.45, 7) is 5.89. The zero-order chi connectivity index (χ0) is 18.8. The van der Waals surface area contributed by atoms with Gasteiger partial charge < -0.3 is 14.7 Å². The molecule has 3 heterocycles. The maximum Gasteiger partial charge on any atom is 0.202 e. The summed E-state index contributed by atoms with van der Waals surface area (Å²) in [4.78, 5) is 20.2. The smallest absolute Gasteiger partial charge is 0.202 e. The number of nitrogens with zero attached hydrogens (tertiary/aromatic N) is 6. The lowest BCUT2D eigenvalue weighted by molar-refractivity contribution is 0.264. The van der Waals surface area contributed by atoms with Gasteiger partial charge in [0.1, 0.15) is 6.33 Å². The van der Waals surface area contributed by atoms with Gasteiger partial charge in [-0.15, -0.1) is 0 Å². The van der Waals surface area contributed by atoms with Crippen molar-refractivity contribution in [3.63, 3.8) is 0 Å². The van der Waals surface area contributed by atoms with E-state index < -0.39 is 0 Å². The summed E-state index contributed by atoms with van der Waals surface area (Å²) in [5, 5.41) is 0.771. The maximum absolute atomic E-state index is 6.02. The first-order chi connectivity index (χ1) is 13.1. The molecular formula is C20H23ClN6. The third-order valence-electron chi connectivity index (χ3n) is 5.04. The Morgan fingerprint density at radius 3 is 2.63 bits per heavy atom. The third-order valence-corrected chi connectivity index (χ3v) is 5.29. The number of rotatable bonds is 2. The fourth-order valence-electron chi connectivity index (χ4n) is 3.57. The summed E-state index contributed by atoms with van der Waals surface area (Å²) in [6, 6.07) is 10.3. The number of likely N-dealkylation sites (N-methyl/N-ethyl adjacent to an activating group) is 1. The molecule has 2 aromatic rings. The van der Waals surface area contributed by atoms with E-state index in [1.54, 1.807) is 12.5 Å². The highest BCUT2D eigenvalue weighted by molar-refractivity contribution is 6.30. The molecule has 2 aliphatic heterocycles. The molecule has 1 fully saturated rings. The molecule has 0 N–H and O–H groups in total. The van der Waals surface area contributed by atoms with Gasteiger partial charge in [0.25, 0.3) is 0 Å². The summed E-state index contributed by atoms with van der Waals surface area (Å²) in [6.07, 6.45) is 5.43. The van der Waals surface area contributed by atoms with E-state index in [9.17, 15) is 0 Å². The summed E-state index contributed by atoms with van der Waals surface area (Å²) in [7, 11) is 2.09. The second-order valence-corrected chi connectivity index (χ2v) is 7.38. The fraction of sp³-hybridized carbons (Fsp3) is 0.350. The van der Waals surface area contributed by atoms with E-state index in [2.05, 4.69) is 56.8 Å². The summed E-state index contributed by atoms with van der Waals surface area (Å²) in [5.74, 6) is 1.01. The van der Waals surface area contributed by atoms with Gasteiger partial charge in [0.05, 0.1) is 11.4 Å².